The highest BCUT2D eigenvalue weighted by Gasteiger charge is 2.33. The van der Waals surface area contributed by atoms with Crippen molar-refractivity contribution in [2.24, 2.45) is 0 Å². The average Bonchev–Trinajstić information content (AvgIpc) is 2.86. The van der Waals surface area contributed by atoms with Crippen molar-refractivity contribution in [2.45, 2.75) is 64.1 Å². The maximum absolute atomic E-state index is 13.8. The number of ether oxygens (including phenoxy) is 1. The summed E-state index contributed by atoms with van der Waals surface area (Å²) in [6.07, 6.45) is 6.46. The van der Waals surface area contributed by atoms with Crippen LogP contribution in [0.25, 0.3) is 0 Å². The molecule has 0 spiro atoms. The Labute approximate surface area is 235 Å². The highest BCUT2D eigenvalue weighted by atomic mass is 35.5. The molecule has 1 fully saturated rings. The Kier molecular flexibility index (Phi) is 10.7. The number of hydrogen-bond donors (Lipinski definition) is 1. The van der Waals surface area contributed by atoms with Crippen LogP contribution in [-0.4, -0.2) is 57.1 Å². The van der Waals surface area contributed by atoms with E-state index in [2.05, 4.69) is 5.32 Å². The van der Waals surface area contributed by atoms with Gasteiger partial charge < -0.3 is 15.0 Å². The first-order valence-corrected chi connectivity index (χ1v) is 15.3. The predicted octanol–water partition coefficient (Wildman–Crippen LogP) is 5.02. The molecular formula is C27H35Cl2N3O5S. The summed E-state index contributed by atoms with van der Waals surface area (Å²) in [5.41, 5.74) is 0.947. The minimum atomic E-state index is -3.89. The highest BCUT2D eigenvalue weighted by molar-refractivity contribution is 7.92. The minimum Gasteiger partial charge on any atom is -0.497 e. The zero-order valence-electron chi connectivity index (χ0n) is 22.0. The largest absolute Gasteiger partial charge is 0.497 e. The second-order valence-corrected chi connectivity index (χ2v) is 12.3. The van der Waals surface area contributed by atoms with Crippen LogP contribution < -0.4 is 14.4 Å². The molecule has 1 aliphatic rings. The number of halogens is 2. The van der Waals surface area contributed by atoms with E-state index in [4.69, 9.17) is 27.9 Å². The predicted molar refractivity (Wildman–Crippen MR) is 151 cm³/mol. The summed E-state index contributed by atoms with van der Waals surface area (Å²) < 4.78 is 31.7. The van der Waals surface area contributed by atoms with Crippen LogP contribution in [0.5, 0.6) is 5.75 Å². The van der Waals surface area contributed by atoms with Crippen molar-refractivity contribution in [2.75, 3.05) is 24.2 Å². The van der Waals surface area contributed by atoms with Crippen LogP contribution in [-0.2, 0) is 26.2 Å². The molecule has 2 amide bonds. The van der Waals surface area contributed by atoms with Gasteiger partial charge in [0.05, 0.1) is 19.1 Å². The summed E-state index contributed by atoms with van der Waals surface area (Å²) in [5.74, 6) is -0.0965. The van der Waals surface area contributed by atoms with E-state index in [1.54, 1.807) is 19.2 Å². The van der Waals surface area contributed by atoms with Crippen molar-refractivity contribution in [3.05, 3.63) is 58.1 Å². The summed E-state index contributed by atoms with van der Waals surface area (Å²) >= 11 is 12.2. The van der Waals surface area contributed by atoms with Gasteiger partial charge in [-0.25, -0.2) is 8.42 Å². The van der Waals surface area contributed by atoms with Gasteiger partial charge in [-0.1, -0.05) is 61.5 Å². The lowest BCUT2D eigenvalue weighted by atomic mass is 9.95. The lowest BCUT2D eigenvalue weighted by Gasteiger charge is -2.34. The third-order valence-corrected chi connectivity index (χ3v) is 8.24. The molecule has 2 aromatic carbocycles. The normalized spacial score (nSPS) is 15.0. The molecule has 8 nitrogen and oxygen atoms in total. The fourth-order valence-corrected chi connectivity index (χ4v) is 6.04. The number of sulfonamides is 1. The van der Waals surface area contributed by atoms with E-state index in [0.717, 1.165) is 48.2 Å². The molecule has 1 N–H and O–H groups in total. The maximum Gasteiger partial charge on any atom is 0.244 e. The number of hydrogen-bond acceptors (Lipinski definition) is 5. The molecule has 38 heavy (non-hydrogen) atoms. The second kappa shape index (κ2) is 13.5. The first kappa shape index (κ1) is 30.1. The smallest absolute Gasteiger partial charge is 0.244 e. The number of nitrogens with zero attached hydrogens (tertiary/aromatic N) is 2. The fourth-order valence-electron chi connectivity index (χ4n) is 4.69. The third-order valence-electron chi connectivity index (χ3n) is 6.66. The van der Waals surface area contributed by atoms with Crippen LogP contribution in [0.4, 0.5) is 5.69 Å². The number of carbonyl (C=O) groups is 2. The quantitative estimate of drug-likeness (QED) is 0.400. The number of benzene rings is 2. The molecule has 208 valence electrons. The molecule has 0 bridgehead atoms. The number of anilines is 1. The van der Waals surface area contributed by atoms with E-state index in [9.17, 15) is 18.0 Å². The van der Waals surface area contributed by atoms with Crippen molar-refractivity contribution < 1.29 is 22.7 Å². The molecule has 11 heteroatoms. The third kappa shape index (κ3) is 8.25. The Morgan fingerprint density at radius 3 is 2.18 bits per heavy atom. The van der Waals surface area contributed by atoms with Gasteiger partial charge in [-0.3, -0.25) is 13.9 Å². The molecule has 0 aromatic heterocycles. The molecule has 1 aliphatic carbocycles. The molecule has 0 saturated heterocycles. The van der Waals surface area contributed by atoms with Crippen molar-refractivity contribution in [1.82, 2.24) is 10.2 Å². The van der Waals surface area contributed by atoms with Crippen LogP contribution in [0.3, 0.4) is 0 Å². The fraction of sp³-hybridized carbons (Fsp3) is 0.481. The Hall–Kier alpha value is -2.49. The van der Waals surface area contributed by atoms with Crippen LogP contribution in [0, 0.1) is 0 Å². The van der Waals surface area contributed by atoms with E-state index in [-0.39, 0.29) is 34.2 Å². The molecule has 2 aromatic rings. The van der Waals surface area contributed by atoms with Gasteiger partial charge in [0.15, 0.2) is 0 Å². The highest BCUT2D eigenvalue weighted by Crippen LogP contribution is 2.28. The van der Waals surface area contributed by atoms with E-state index < -0.39 is 28.5 Å². The molecule has 0 aliphatic heterocycles. The standard InChI is InChI=1S/C27H35Cl2N3O5S/c1-4-25(27(34)30-22-8-6-5-7-9-22)31(17-19-10-12-24(37-2)13-11-19)26(33)18-32(38(3,35)36)23-15-20(28)14-21(29)16-23/h10-16,22,25H,4-9,17-18H2,1-3H3,(H,30,34)/t25-/m0/s1. The number of methoxy groups -OCH3 is 1. The van der Waals surface area contributed by atoms with Crippen LogP contribution in [0.15, 0.2) is 42.5 Å². The van der Waals surface area contributed by atoms with Gasteiger partial charge in [0.1, 0.15) is 18.3 Å². The topological polar surface area (TPSA) is 96.0 Å². The molecular weight excluding hydrogens is 549 g/mol. The monoisotopic (exact) mass is 583 g/mol. The van der Waals surface area contributed by atoms with Gasteiger partial charge in [0.2, 0.25) is 21.8 Å². The van der Waals surface area contributed by atoms with Gasteiger partial charge in [0, 0.05) is 22.6 Å². The molecule has 0 radical (unpaired) electrons. The van der Waals surface area contributed by atoms with Gasteiger partial charge >= 0.3 is 0 Å². The Balaban J connectivity index is 1.93. The summed E-state index contributed by atoms with van der Waals surface area (Å²) in [4.78, 5) is 28.7. The molecule has 1 saturated carbocycles. The van der Waals surface area contributed by atoms with Crippen LogP contribution in [0.2, 0.25) is 10.0 Å². The first-order valence-electron chi connectivity index (χ1n) is 12.7. The number of amides is 2. The second-order valence-electron chi connectivity index (χ2n) is 9.53. The molecule has 3 rings (SSSR count). The molecule has 1 atom stereocenters. The number of carbonyl (C=O) groups excluding carboxylic acids is 2. The Morgan fingerprint density at radius 1 is 1.05 bits per heavy atom. The van der Waals surface area contributed by atoms with E-state index in [0.29, 0.717) is 12.2 Å². The number of rotatable bonds is 11. The number of nitrogens with one attached hydrogen (secondary N) is 1. The van der Waals surface area contributed by atoms with Crippen LogP contribution in [0.1, 0.15) is 51.0 Å². The van der Waals surface area contributed by atoms with E-state index in [1.807, 2.05) is 19.1 Å². The molecule has 0 heterocycles. The Morgan fingerprint density at radius 2 is 1.66 bits per heavy atom. The summed E-state index contributed by atoms with van der Waals surface area (Å²) in [6, 6.07) is 10.8. The van der Waals surface area contributed by atoms with Crippen molar-refractivity contribution in [1.29, 1.82) is 0 Å². The summed E-state index contributed by atoms with van der Waals surface area (Å²) in [6.45, 7) is 1.44. The van der Waals surface area contributed by atoms with Crippen molar-refractivity contribution in [3.63, 3.8) is 0 Å². The summed E-state index contributed by atoms with van der Waals surface area (Å²) in [7, 11) is -2.32. The first-order chi connectivity index (χ1) is 18.0. The van der Waals surface area contributed by atoms with Gasteiger partial charge in [-0.05, 0) is 55.2 Å². The van der Waals surface area contributed by atoms with E-state index >= 15 is 0 Å². The lowest BCUT2D eigenvalue weighted by Crippen LogP contribution is -2.53. The summed E-state index contributed by atoms with van der Waals surface area (Å²) in [5, 5.41) is 3.60. The average molecular weight is 585 g/mol. The maximum atomic E-state index is 13.8. The Bertz CT molecular complexity index is 1200. The van der Waals surface area contributed by atoms with Gasteiger partial charge in [-0.2, -0.15) is 0 Å². The van der Waals surface area contributed by atoms with Gasteiger partial charge in [-0.15, -0.1) is 0 Å². The van der Waals surface area contributed by atoms with Crippen molar-refractivity contribution in [3.8, 4) is 5.75 Å². The van der Waals surface area contributed by atoms with Crippen LogP contribution >= 0.6 is 23.2 Å². The SMILES string of the molecule is CC[C@@H](C(=O)NC1CCCCC1)N(Cc1ccc(OC)cc1)C(=O)CN(c1cc(Cl)cc(Cl)c1)S(C)(=O)=O. The lowest BCUT2D eigenvalue weighted by molar-refractivity contribution is -0.140. The molecule has 0 unspecified atom stereocenters. The zero-order chi connectivity index (χ0) is 27.9. The van der Waals surface area contributed by atoms with E-state index in [1.165, 1.54) is 23.1 Å². The minimum absolute atomic E-state index is 0.0735. The van der Waals surface area contributed by atoms with Crippen molar-refractivity contribution >= 4 is 50.7 Å². The zero-order valence-corrected chi connectivity index (χ0v) is 24.3. The van der Waals surface area contributed by atoms with Gasteiger partial charge in [0.25, 0.3) is 0 Å².